The zero-order valence-corrected chi connectivity index (χ0v) is 14.1. The predicted octanol–water partition coefficient (Wildman–Crippen LogP) is 4.39. The van der Waals surface area contributed by atoms with E-state index >= 15 is 0 Å². The zero-order valence-electron chi connectivity index (χ0n) is 14.1. The fraction of sp³-hybridized carbons (Fsp3) is 0.0476. The van der Waals surface area contributed by atoms with E-state index in [0.717, 1.165) is 11.3 Å². The van der Waals surface area contributed by atoms with Crippen molar-refractivity contribution in [3.05, 3.63) is 84.1 Å². The summed E-state index contributed by atoms with van der Waals surface area (Å²) in [6.07, 6.45) is 2.99. The number of benzene rings is 2. The largest absolute Gasteiger partial charge is 0.465 e. The van der Waals surface area contributed by atoms with Gasteiger partial charge in [-0.25, -0.2) is 4.79 Å². The van der Waals surface area contributed by atoms with Gasteiger partial charge in [0.1, 0.15) is 11.5 Å². The molecule has 1 aromatic heterocycles. The van der Waals surface area contributed by atoms with E-state index in [1.807, 2.05) is 36.4 Å². The van der Waals surface area contributed by atoms with Crippen molar-refractivity contribution in [2.75, 3.05) is 12.4 Å². The van der Waals surface area contributed by atoms with Gasteiger partial charge in [-0.1, -0.05) is 30.3 Å². The van der Waals surface area contributed by atoms with Crippen molar-refractivity contribution in [1.82, 2.24) is 0 Å². The van der Waals surface area contributed by atoms with Gasteiger partial charge in [0.05, 0.1) is 12.7 Å². The van der Waals surface area contributed by atoms with Crippen LogP contribution in [0.1, 0.15) is 16.1 Å². The van der Waals surface area contributed by atoms with Gasteiger partial charge in [0, 0.05) is 17.3 Å². The van der Waals surface area contributed by atoms with Crippen LogP contribution < -0.4 is 5.32 Å². The van der Waals surface area contributed by atoms with Crippen LogP contribution in [0.25, 0.3) is 17.4 Å². The first-order valence-corrected chi connectivity index (χ1v) is 7.98. The number of methoxy groups -OCH3 is 1. The number of rotatable bonds is 5. The third-order valence-electron chi connectivity index (χ3n) is 3.66. The van der Waals surface area contributed by atoms with Crippen LogP contribution in [0.3, 0.4) is 0 Å². The van der Waals surface area contributed by atoms with Crippen molar-refractivity contribution in [3.8, 4) is 11.3 Å². The van der Waals surface area contributed by atoms with Crippen molar-refractivity contribution in [2.24, 2.45) is 0 Å². The molecule has 130 valence electrons. The number of hydrogen-bond donors (Lipinski definition) is 1. The van der Waals surface area contributed by atoms with Crippen molar-refractivity contribution in [2.45, 2.75) is 0 Å². The van der Waals surface area contributed by atoms with Gasteiger partial charge >= 0.3 is 5.97 Å². The van der Waals surface area contributed by atoms with E-state index in [1.54, 1.807) is 36.4 Å². The van der Waals surface area contributed by atoms with Crippen LogP contribution >= 0.6 is 0 Å². The van der Waals surface area contributed by atoms with Crippen LogP contribution in [0.15, 0.2) is 77.2 Å². The highest BCUT2D eigenvalue weighted by Crippen LogP contribution is 2.22. The molecule has 3 rings (SSSR count). The van der Waals surface area contributed by atoms with Crippen LogP contribution in [-0.2, 0) is 9.53 Å². The minimum Gasteiger partial charge on any atom is -0.465 e. The number of ether oxygens (including phenoxy) is 1. The standard InChI is InChI=1S/C21H17NO4/c1-25-21(24)16-7-9-17(10-8-16)22-20(23)14-12-18-11-13-19(26-18)15-5-3-2-4-6-15/h2-14H,1H3,(H,22,23)/b14-12+. The van der Waals surface area contributed by atoms with E-state index in [1.165, 1.54) is 13.2 Å². The Labute approximate surface area is 150 Å². The van der Waals surface area contributed by atoms with Gasteiger partial charge in [-0.15, -0.1) is 0 Å². The molecule has 0 unspecified atom stereocenters. The molecular formula is C21H17NO4. The maximum absolute atomic E-state index is 12.0. The average Bonchev–Trinajstić information content (AvgIpc) is 3.16. The highest BCUT2D eigenvalue weighted by atomic mass is 16.5. The molecule has 0 aliphatic carbocycles. The zero-order chi connectivity index (χ0) is 18.4. The molecule has 0 radical (unpaired) electrons. The first-order chi connectivity index (χ1) is 12.7. The molecular weight excluding hydrogens is 330 g/mol. The Kier molecular flexibility index (Phi) is 5.29. The summed E-state index contributed by atoms with van der Waals surface area (Å²) in [6.45, 7) is 0. The van der Waals surface area contributed by atoms with E-state index in [0.29, 0.717) is 17.0 Å². The van der Waals surface area contributed by atoms with Gasteiger partial charge < -0.3 is 14.5 Å². The van der Waals surface area contributed by atoms with Gasteiger partial charge in [0.25, 0.3) is 0 Å². The Balaban J connectivity index is 1.61. The summed E-state index contributed by atoms with van der Waals surface area (Å²) in [5, 5.41) is 2.72. The molecule has 0 spiro atoms. The molecule has 1 heterocycles. The van der Waals surface area contributed by atoms with Gasteiger partial charge in [-0.05, 0) is 42.5 Å². The lowest BCUT2D eigenvalue weighted by molar-refractivity contribution is -0.111. The normalized spacial score (nSPS) is 10.7. The monoisotopic (exact) mass is 347 g/mol. The second kappa shape index (κ2) is 7.98. The van der Waals surface area contributed by atoms with Crippen molar-refractivity contribution < 1.29 is 18.7 Å². The molecule has 0 fully saturated rings. The molecule has 2 aromatic carbocycles. The fourth-order valence-corrected chi connectivity index (χ4v) is 2.35. The lowest BCUT2D eigenvalue weighted by Crippen LogP contribution is -2.08. The number of furan rings is 1. The summed E-state index contributed by atoms with van der Waals surface area (Å²) in [5.41, 5.74) is 1.98. The molecule has 0 saturated heterocycles. The molecule has 1 N–H and O–H groups in total. The molecule has 5 heteroatoms. The molecule has 0 bridgehead atoms. The smallest absolute Gasteiger partial charge is 0.337 e. The Bertz CT molecular complexity index is 924. The summed E-state index contributed by atoms with van der Waals surface area (Å²) in [4.78, 5) is 23.4. The van der Waals surface area contributed by atoms with Crippen molar-refractivity contribution in [3.63, 3.8) is 0 Å². The quantitative estimate of drug-likeness (QED) is 0.549. The number of carbonyl (C=O) groups excluding carboxylic acids is 2. The van der Waals surface area contributed by atoms with Gasteiger partial charge in [-0.2, -0.15) is 0 Å². The number of carbonyl (C=O) groups is 2. The van der Waals surface area contributed by atoms with Gasteiger partial charge in [0.2, 0.25) is 5.91 Å². The fourth-order valence-electron chi connectivity index (χ4n) is 2.35. The molecule has 0 aliphatic rings. The molecule has 0 atom stereocenters. The number of nitrogens with one attached hydrogen (secondary N) is 1. The maximum atomic E-state index is 12.0. The van der Waals surface area contributed by atoms with Gasteiger partial charge in [-0.3, -0.25) is 4.79 Å². The molecule has 3 aromatic rings. The van der Waals surface area contributed by atoms with Crippen molar-refractivity contribution in [1.29, 1.82) is 0 Å². The second-order valence-corrected chi connectivity index (χ2v) is 5.46. The average molecular weight is 347 g/mol. The number of anilines is 1. The first-order valence-electron chi connectivity index (χ1n) is 7.98. The van der Waals surface area contributed by atoms with Crippen LogP contribution in [-0.4, -0.2) is 19.0 Å². The van der Waals surface area contributed by atoms with Gasteiger partial charge in [0.15, 0.2) is 0 Å². The predicted molar refractivity (Wildman–Crippen MR) is 99.6 cm³/mol. The Morgan fingerprint density at radius 3 is 2.38 bits per heavy atom. The number of hydrogen-bond acceptors (Lipinski definition) is 4. The van der Waals surface area contributed by atoms with E-state index in [9.17, 15) is 9.59 Å². The first kappa shape index (κ1) is 17.2. The molecule has 5 nitrogen and oxygen atoms in total. The summed E-state index contributed by atoms with van der Waals surface area (Å²) >= 11 is 0. The van der Waals surface area contributed by atoms with E-state index in [-0.39, 0.29) is 5.91 Å². The Hall–Kier alpha value is -3.60. The maximum Gasteiger partial charge on any atom is 0.337 e. The molecule has 0 aliphatic heterocycles. The Morgan fingerprint density at radius 2 is 1.69 bits per heavy atom. The molecule has 1 amide bonds. The van der Waals surface area contributed by atoms with E-state index < -0.39 is 5.97 Å². The topological polar surface area (TPSA) is 68.5 Å². The SMILES string of the molecule is COC(=O)c1ccc(NC(=O)/C=C/c2ccc(-c3ccccc3)o2)cc1. The minimum atomic E-state index is -0.421. The van der Waals surface area contributed by atoms with Crippen LogP contribution in [0, 0.1) is 0 Å². The highest BCUT2D eigenvalue weighted by Gasteiger charge is 2.06. The third kappa shape index (κ3) is 4.27. The number of amides is 1. The lowest BCUT2D eigenvalue weighted by atomic mass is 10.2. The summed E-state index contributed by atoms with van der Waals surface area (Å²) in [5.74, 6) is 0.604. The summed E-state index contributed by atoms with van der Waals surface area (Å²) in [6, 6.07) is 19.8. The summed E-state index contributed by atoms with van der Waals surface area (Å²) < 4.78 is 10.3. The lowest BCUT2D eigenvalue weighted by Gasteiger charge is -2.03. The molecule has 0 saturated carbocycles. The van der Waals surface area contributed by atoms with E-state index in [4.69, 9.17) is 4.42 Å². The third-order valence-corrected chi connectivity index (χ3v) is 3.66. The van der Waals surface area contributed by atoms with Crippen LogP contribution in [0.2, 0.25) is 0 Å². The van der Waals surface area contributed by atoms with Crippen LogP contribution in [0.4, 0.5) is 5.69 Å². The molecule has 26 heavy (non-hydrogen) atoms. The van der Waals surface area contributed by atoms with Crippen molar-refractivity contribution >= 4 is 23.6 Å². The number of esters is 1. The summed E-state index contributed by atoms with van der Waals surface area (Å²) in [7, 11) is 1.32. The Morgan fingerprint density at radius 1 is 0.962 bits per heavy atom. The minimum absolute atomic E-state index is 0.298. The van der Waals surface area contributed by atoms with E-state index in [2.05, 4.69) is 10.1 Å². The second-order valence-electron chi connectivity index (χ2n) is 5.46. The highest BCUT2D eigenvalue weighted by molar-refractivity contribution is 6.02. The van der Waals surface area contributed by atoms with Crippen LogP contribution in [0.5, 0.6) is 0 Å².